The number of fused-ring (bicyclic) bond motifs is 1. The third-order valence-corrected chi connectivity index (χ3v) is 6.56. The first-order chi connectivity index (χ1) is 15.1. The standard InChI is InChI=1S/C23H22N4O3S/c1-30-19-7-3-6-18(12-19)27-13-16(11-21(27)28)22(29)24-17-5-2-4-15(10-17)20-14-26-8-9-31-23(26)25-20/h2-7,10,12,14,16H,8-9,11,13H2,1H3,(H,24,29). The lowest BCUT2D eigenvalue weighted by molar-refractivity contribution is -0.122. The number of carbonyl (C=O) groups is 2. The van der Waals surface area contributed by atoms with Crippen LogP contribution < -0.4 is 15.0 Å². The average Bonchev–Trinajstić information content (AvgIpc) is 3.49. The monoisotopic (exact) mass is 434 g/mol. The van der Waals surface area contributed by atoms with Crippen LogP contribution in [0.4, 0.5) is 11.4 Å². The van der Waals surface area contributed by atoms with Crippen molar-refractivity contribution in [1.29, 1.82) is 0 Å². The van der Waals surface area contributed by atoms with Crippen molar-refractivity contribution in [3.63, 3.8) is 0 Å². The molecular formula is C23H22N4O3S. The van der Waals surface area contributed by atoms with Gasteiger partial charge in [0.25, 0.3) is 0 Å². The summed E-state index contributed by atoms with van der Waals surface area (Å²) in [5, 5.41) is 4.01. The van der Waals surface area contributed by atoms with Crippen molar-refractivity contribution in [3.05, 3.63) is 54.7 Å². The van der Waals surface area contributed by atoms with Crippen molar-refractivity contribution in [2.45, 2.75) is 18.1 Å². The van der Waals surface area contributed by atoms with Gasteiger partial charge in [0.05, 0.1) is 18.7 Å². The quantitative estimate of drug-likeness (QED) is 0.663. The molecule has 3 aromatic rings. The van der Waals surface area contributed by atoms with Crippen LogP contribution in [0.2, 0.25) is 0 Å². The number of anilines is 2. The molecule has 0 saturated carbocycles. The van der Waals surface area contributed by atoms with Crippen molar-refractivity contribution in [3.8, 4) is 17.0 Å². The summed E-state index contributed by atoms with van der Waals surface area (Å²) in [6, 6.07) is 15.0. The highest BCUT2D eigenvalue weighted by Gasteiger charge is 2.35. The number of carbonyl (C=O) groups excluding carboxylic acids is 2. The fraction of sp³-hybridized carbons (Fsp3) is 0.261. The smallest absolute Gasteiger partial charge is 0.229 e. The van der Waals surface area contributed by atoms with Gasteiger partial charge in [-0.05, 0) is 24.3 Å². The maximum atomic E-state index is 12.9. The molecule has 1 saturated heterocycles. The Kier molecular flexibility index (Phi) is 5.15. The topological polar surface area (TPSA) is 76.5 Å². The minimum absolute atomic E-state index is 0.0628. The molecule has 31 heavy (non-hydrogen) atoms. The fourth-order valence-corrected chi connectivity index (χ4v) is 4.90. The highest BCUT2D eigenvalue weighted by Crippen LogP contribution is 2.31. The summed E-state index contributed by atoms with van der Waals surface area (Å²) in [5.41, 5.74) is 3.31. The Bertz CT molecular complexity index is 1140. The van der Waals surface area contributed by atoms with E-state index >= 15 is 0 Å². The lowest BCUT2D eigenvalue weighted by atomic mass is 10.1. The maximum Gasteiger partial charge on any atom is 0.229 e. The van der Waals surface area contributed by atoms with Gasteiger partial charge in [-0.25, -0.2) is 4.98 Å². The van der Waals surface area contributed by atoms with Gasteiger partial charge in [0.1, 0.15) is 5.75 Å². The van der Waals surface area contributed by atoms with Crippen LogP contribution in [0.25, 0.3) is 11.3 Å². The molecule has 2 amide bonds. The number of nitrogens with one attached hydrogen (secondary N) is 1. The zero-order valence-corrected chi connectivity index (χ0v) is 17.9. The first-order valence-electron chi connectivity index (χ1n) is 10.2. The number of hydrogen-bond donors (Lipinski definition) is 1. The van der Waals surface area contributed by atoms with Crippen molar-refractivity contribution in [1.82, 2.24) is 9.55 Å². The van der Waals surface area contributed by atoms with E-state index in [1.165, 1.54) is 0 Å². The maximum absolute atomic E-state index is 12.9. The molecule has 1 fully saturated rings. The molecule has 1 atom stereocenters. The highest BCUT2D eigenvalue weighted by atomic mass is 32.2. The van der Waals surface area contributed by atoms with Crippen molar-refractivity contribution >= 4 is 35.0 Å². The third kappa shape index (κ3) is 3.90. The molecule has 7 nitrogen and oxygen atoms in total. The predicted octanol–water partition coefficient (Wildman–Crippen LogP) is 3.66. The number of nitrogens with zero attached hydrogens (tertiary/aromatic N) is 3. The molecule has 2 aromatic carbocycles. The number of rotatable bonds is 5. The van der Waals surface area contributed by atoms with E-state index in [0.717, 1.165) is 34.4 Å². The molecule has 158 valence electrons. The van der Waals surface area contributed by atoms with E-state index in [4.69, 9.17) is 4.74 Å². The van der Waals surface area contributed by atoms with Gasteiger partial charge in [-0.3, -0.25) is 9.59 Å². The van der Waals surface area contributed by atoms with Crippen LogP contribution in [0.3, 0.4) is 0 Å². The van der Waals surface area contributed by atoms with E-state index in [1.54, 1.807) is 23.8 Å². The van der Waals surface area contributed by atoms with Gasteiger partial charge in [-0.2, -0.15) is 0 Å². The van der Waals surface area contributed by atoms with E-state index in [-0.39, 0.29) is 18.2 Å². The zero-order chi connectivity index (χ0) is 21.4. The lowest BCUT2D eigenvalue weighted by Gasteiger charge is -2.17. The summed E-state index contributed by atoms with van der Waals surface area (Å²) >= 11 is 1.75. The molecule has 1 aromatic heterocycles. The van der Waals surface area contributed by atoms with Crippen molar-refractivity contribution < 1.29 is 14.3 Å². The first-order valence-corrected chi connectivity index (χ1v) is 11.1. The molecule has 0 aliphatic carbocycles. The zero-order valence-electron chi connectivity index (χ0n) is 17.1. The number of methoxy groups -OCH3 is 1. The Morgan fingerprint density at radius 3 is 2.94 bits per heavy atom. The van der Waals surface area contributed by atoms with E-state index < -0.39 is 5.92 Å². The Morgan fingerprint density at radius 2 is 2.10 bits per heavy atom. The predicted molar refractivity (Wildman–Crippen MR) is 120 cm³/mol. The molecule has 5 rings (SSSR count). The molecule has 3 heterocycles. The summed E-state index contributed by atoms with van der Waals surface area (Å²) in [6.07, 6.45) is 2.24. The Labute approximate surface area is 184 Å². The minimum Gasteiger partial charge on any atom is -0.497 e. The van der Waals surface area contributed by atoms with Crippen LogP contribution >= 0.6 is 11.8 Å². The summed E-state index contributed by atoms with van der Waals surface area (Å²) in [6.45, 7) is 1.32. The molecule has 2 aliphatic heterocycles. The Morgan fingerprint density at radius 1 is 1.23 bits per heavy atom. The second-order valence-corrected chi connectivity index (χ2v) is 8.69. The normalized spacial score (nSPS) is 17.6. The summed E-state index contributed by atoms with van der Waals surface area (Å²) in [7, 11) is 1.59. The van der Waals surface area contributed by atoms with Crippen LogP contribution in [0, 0.1) is 5.92 Å². The van der Waals surface area contributed by atoms with Crippen LogP contribution in [0.15, 0.2) is 59.9 Å². The highest BCUT2D eigenvalue weighted by molar-refractivity contribution is 7.99. The molecule has 1 unspecified atom stereocenters. The van der Waals surface area contributed by atoms with E-state index in [1.807, 2.05) is 48.5 Å². The SMILES string of the molecule is COc1cccc(N2CC(C(=O)Nc3cccc(-c4cn5c(n4)SCC5)c3)CC2=O)c1. The third-order valence-electron chi connectivity index (χ3n) is 5.59. The largest absolute Gasteiger partial charge is 0.497 e. The molecule has 0 spiro atoms. The van der Waals surface area contributed by atoms with Gasteiger partial charge >= 0.3 is 0 Å². The molecule has 2 aliphatic rings. The van der Waals surface area contributed by atoms with Gasteiger partial charge in [-0.1, -0.05) is 30.0 Å². The number of benzene rings is 2. The second-order valence-electron chi connectivity index (χ2n) is 7.63. The van der Waals surface area contributed by atoms with Gasteiger partial charge in [0.15, 0.2) is 5.16 Å². The Hall–Kier alpha value is -3.26. The fourth-order valence-electron chi connectivity index (χ4n) is 3.96. The van der Waals surface area contributed by atoms with E-state index in [2.05, 4.69) is 21.1 Å². The number of amides is 2. The van der Waals surface area contributed by atoms with Crippen LogP contribution in [0.5, 0.6) is 5.75 Å². The van der Waals surface area contributed by atoms with Gasteiger partial charge in [-0.15, -0.1) is 0 Å². The van der Waals surface area contributed by atoms with Crippen LogP contribution in [-0.4, -0.2) is 40.8 Å². The first kappa shape index (κ1) is 19.7. The average molecular weight is 435 g/mol. The number of hydrogen-bond acceptors (Lipinski definition) is 5. The summed E-state index contributed by atoms with van der Waals surface area (Å²) < 4.78 is 7.40. The Balaban J connectivity index is 1.28. The van der Waals surface area contributed by atoms with E-state index in [9.17, 15) is 9.59 Å². The van der Waals surface area contributed by atoms with Crippen molar-refractivity contribution in [2.24, 2.45) is 5.92 Å². The van der Waals surface area contributed by atoms with Crippen molar-refractivity contribution in [2.75, 3.05) is 29.6 Å². The van der Waals surface area contributed by atoms with E-state index in [0.29, 0.717) is 18.0 Å². The number of ether oxygens (including phenoxy) is 1. The number of aryl methyl sites for hydroxylation is 1. The molecule has 0 bridgehead atoms. The number of thioether (sulfide) groups is 1. The number of imidazole rings is 1. The van der Waals surface area contributed by atoms with Gasteiger partial charge < -0.3 is 19.5 Å². The minimum atomic E-state index is -0.407. The number of aromatic nitrogens is 2. The van der Waals surface area contributed by atoms with Gasteiger partial charge in [0, 0.05) is 54.5 Å². The van der Waals surface area contributed by atoms with Crippen LogP contribution in [-0.2, 0) is 16.1 Å². The molecule has 8 heteroatoms. The molecular weight excluding hydrogens is 412 g/mol. The molecule has 0 radical (unpaired) electrons. The molecule has 1 N–H and O–H groups in total. The lowest BCUT2D eigenvalue weighted by Crippen LogP contribution is -2.28. The summed E-state index contributed by atoms with van der Waals surface area (Å²) in [4.78, 5) is 31.7. The van der Waals surface area contributed by atoms with Crippen LogP contribution in [0.1, 0.15) is 6.42 Å². The second kappa shape index (κ2) is 8.11. The summed E-state index contributed by atoms with van der Waals surface area (Å²) in [5.74, 6) is 1.12. The van der Waals surface area contributed by atoms with Gasteiger partial charge in [0.2, 0.25) is 11.8 Å².